The Hall–Kier alpha value is -2.76. The molecule has 0 spiro atoms. The molecule has 1 unspecified atom stereocenters. The molecule has 0 aliphatic carbocycles. The van der Waals surface area contributed by atoms with Crippen molar-refractivity contribution >= 4 is 13.3 Å². The summed E-state index contributed by atoms with van der Waals surface area (Å²) in [5, 5.41) is 36.1. The van der Waals surface area contributed by atoms with Crippen LogP contribution >= 0.6 is 7.82 Å². The number of phosphoric ester groups is 1. The standard InChI is InChI=1S/C40H61N4O9P/c1-3-4-5-6-7-8-9-10-11-12-13-14-15-16-20-25-49-27-34(50-26-33-21-18-17-19-22-33)28-51-54(47,48)52-29-36-38(45)39(46)40(30-41,53-36)37-24-23-35-32(2)42-31-43-44(35)37/h17-19,21-24,31,34,36,38-39,45-46H,3-16,20,25-29H2,1-2H3,(H,47,48)/t34-,36-,38-,39-,40+/m1/s1. The lowest BCUT2D eigenvalue weighted by molar-refractivity contribution is -0.0690. The first-order valence-corrected chi connectivity index (χ1v) is 21.3. The fraction of sp³-hybridized carbons (Fsp3) is 0.675. The second kappa shape index (κ2) is 23.3. The van der Waals surface area contributed by atoms with Crippen LogP contribution in [0, 0.1) is 18.3 Å². The maximum absolute atomic E-state index is 13.0. The smallest absolute Gasteiger partial charge is 0.387 e. The van der Waals surface area contributed by atoms with Crippen molar-refractivity contribution in [1.82, 2.24) is 14.6 Å². The van der Waals surface area contributed by atoms with Crippen molar-refractivity contribution in [2.45, 2.75) is 147 Å². The topological polar surface area (TPSA) is 178 Å². The number of hydrogen-bond donors (Lipinski definition) is 3. The highest BCUT2D eigenvalue weighted by molar-refractivity contribution is 7.47. The van der Waals surface area contributed by atoms with E-state index in [0.29, 0.717) is 17.8 Å². The average Bonchev–Trinajstić information content (AvgIpc) is 3.72. The molecule has 0 radical (unpaired) electrons. The number of unbranched alkanes of at least 4 members (excludes halogenated alkanes) is 14. The van der Waals surface area contributed by atoms with Crippen molar-refractivity contribution in [2.24, 2.45) is 0 Å². The molecule has 1 aliphatic rings. The molecule has 14 heteroatoms. The molecule has 4 rings (SSSR count). The monoisotopic (exact) mass is 772 g/mol. The van der Waals surface area contributed by atoms with Crippen LogP contribution in [0.4, 0.5) is 0 Å². The normalized spacial score (nSPS) is 21.7. The summed E-state index contributed by atoms with van der Waals surface area (Å²) in [6.45, 7) is 4.03. The SMILES string of the molecule is CCCCCCCCCCCCCCCCCOC[C@H](COP(=O)(O)OC[C@H]1O[C@@](C#N)(c2ccc3c(C)ncnn23)[C@H](O)[C@@H]1O)OCc1ccccc1. The zero-order valence-corrected chi connectivity index (χ0v) is 33.0. The Labute approximate surface area is 320 Å². The van der Waals surface area contributed by atoms with E-state index in [4.69, 9.17) is 23.3 Å². The Kier molecular flexibility index (Phi) is 19.0. The molecule has 3 heterocycles. The minimum absolute atomic E-state index is 0.154. The van der Waals surface area contributed by atoms with E-state index in [2.05, 4.69) is 17.0 Å². The number of ether oxygens (including phenoxy) is 3. The molecule has 6 atom stereocenters. The Morgan fingerprint density at radius 3 is 2.17 bits per heavy atom. The predicted octanol–water partition coefficient (Wildman–Crippen LogP) is 7.48. The minimum Gasteiger partial charge on any atom is -0.387 e. The fourth-order valence-electron chi connectivity index (χ4n) is 6.76. The molecule has 13 nitrogen and oxygen atoms in total. The van der Waals surface area contributed by atoms with E-state index in [0.717, 1.165) is 18.4 Å². The summed E-state index contributed by atoms with van der Waals surface area (Å²) in [5.41, 5.74) is 0.296. The van der Waals surface area contributed by atoms with Gasteiger partial charge >= 0.3 is 7.82 Å². The molecule has 1 saturated heterocycles. The molecule has 2 aromatic heterocycles. The summed E-state index contributed by atoms with van der Waals surface area (Å²) in [5.74, 6) is 0. The number of aliphatic hydroxyl groups excluding tert-OH is 2. The van der Waals surface area contributed by atoms with Gasteiger partial charge in [0.05, 0.1) is 43.3 Å². The molecule has 300 valence electrons. The van der Waals surface area contributed by atoms with E-state index in [1.54, 1.807) is 19.1 Å². The van der Waals surface area contributed by atoms with Crippen LogP contribution in [-0.4, -0.2) is 80.5 Å². The van der Waals surface area contributed by atoms with Crippen molar-refractivity contribution in [1.29, 1.82) is 5.26 Å². The number of nitrogens with zero attached hydrogens (tertiary/aromatic N) is 4. The summed E-state index contributed by atoms with van der Waals surface area (Å²) >= 11 is 0. The molecule has 0 saturated carbocycles. The third kappa shape index (κ3) is 13.5. The van der Waals surface area contributed by atoms with Crippen LogP contribution in [0.15, 0.2) is 48.8 Å². The zero-order valence-electron chi connectivity index (χ0n) is 32.1. The largest absolute Gasteiger partial charge is 0.472 e. The molecule has 0 amide bonds. The van der Waals surface area contributed by atoms with Crippen molar-refractivity contribution in [3.63, 3.8) is 0 Å². The molecule has 0 bridgehead atoms. The van der Waals surface area contributed by atoms with Gasteiger partial charge in [-0.05, 0) is 31.0 Å². The molecular weight excluding hydrogens is 711 g/mol. The Morgan fingerprint density at radius 2 is 1.54 bits per heavy atom. The highest BCUT2D eigenvalue weighted by Gasteiger charge is 2.58. The molecule has 54 heavy (non-hydrogen) atoms. The zero-order chi connectivity index (χ0) is 38.7. The lowest BCUT2D eigenvalue weighted by Crippen LogP contribution is -2.41. The van der Waals surface area contributed by atoms with E-state index in [9.17, 15) is 24.9 Å². The van der Waals surface area contributed by atoms with E-state index >= 15 is 0 Å². The molecule has 1 aromatic carbocycles. The van der Waals surface area contributed by atoms with Gasteiger partial charge in [-0.2, -0.15) is 10.4 Å². The van der Waals surface area contributed by atoms with Crippen molar-refractivity contribution in [3.05, 3.63) is 65.7 Å². The number of rotatable bonds is 28. The van der Waals surface area contributed by atoms with Crippen LogP contribution in [0.3, 0.4) is 0 Å². The van der Waals surface area contributed by atoms with Gasteiger partial charge in [-0.15, -0.1) is 0 Å². The highest BCUT2D eigenvalue weighted by atomic mass is 31.2. The van der Waals surface area contributed by atoms with Gasteiger partial charge in [-0.1, -0.05) is 127 Å². The first-order chi connectivity index (χ1) is 26.2. The number of aryl methyl sites for hydroxylation is 1. The molecule has 1 fully saturated rings. The first kappa shape index (κ1) is 44.0. The van der Waals surface area contributed by atoms with E-state index in [1.807, 2.05) is 36.4 Å². The number of phosphoric acid groups is 1. The van der Waals surface area contributed by atoms with Crippen molar-refractivity contribution in [2.75, 3.05) is 26.4 Å². The lowest BCUT2D eigenvalue weighted by atomic mass is 9.92. The van der Waals surface area contributed by atoms with Gasteiger partial charge in [0.15, 0.2) is 0 Å². The molecule has 3 N–H and O–H groups in total. The number of benzene rings is 1. The number of aromatic nitrogens is 3. The van der Waals surface area contributed by atoms with Crippen LogP contribution in [0.25, 0.3) is 5.52 Å². The second-order valence-corrected chi connectivity index (χ2v) is 15.8. The quantitative estimate of drug-likeness (QED) is 0.0490. The molecule has 1 aliphatic heterocycles. The summed E-state index contributed by atoms with van der Waals surface area (Å²) in [6, 6.07) is 14.7. The lowest BCUT2D eigenvalue weighted by Gasteiger charge is -2.24. The van der Waals surface area contributed by atoms with Crippen LogP contribution in [0.5, 0.6) is 0 Å². The number of hydrogen-bond acceptors (Lipinski definition) is 11. The highest BCUT2D eigenvalue weighted by Crippen LogP contribution is 2.46. The van der Waals surface area contributed by atoms with Crippen molar-refractivity contribution < 1.29 is 42.9 Å². The Bertz CT molecular complexity index is 1590. The average molecular weight is 773 g/mol. The van der Waals surface area contributed by atoms with Crippen LogP contribution in [-0.2, 0) is 40.0 Å². The van der Waals surface area contributed by atoms with Gasteiger partial charge in [0, 0.05) is 6.61 Å². The van der Waals surface area contributed by atoms with E-state index in [-0.39, 0.29) is 25.5 Å². The third-order valence-electron chi connectivity index (χ3n) is 10.00. The second-order valence-electron chi connectivity index (χ2n) is 14.3. The summed E-state index contributed by atoms with van der Waals surface area (Å²) in [6.07, 6.45) is 15.2. The molecular formula is C40H61N4O9P. The summed E-state index contributed by atoms with van der Waals surface area (Å²) < 4.78 is 42.7. The van der Waals surface area contributed by atoms with Crippen LogP contribution < -0.4 is 0 Å². The minimum atomic E-state index is -4.69. The van der Waals surface area contributed by atoms with Crippen molar-refractivity contribution in [3.8, 4) is 6.07 Å². The Balaban J connectivity index is 1.17. The van der Waals surface area contributed by atoms with Gasteiger partial charge in [0.1, 0.15) is 36.8 Å². The van der Waals surface area contributed by atoms with Gasteiger partial charge in [-0.3, -0.25) is 9.05 Å². The van der Waals surface area contributed by atoms with Gasteiger partial charge in [0.25, 0.3) is 0 Å². The van der Waals surface area contributed by atoms with Crippen LogP contribution in [0.1, 0.15) is 120 Å². The maximum atomic E-state index is 13.0. The first-order valence-electron chi connectivity index (χ1n) is 19.8. The summed E-state index contributed by atoms with van der Waals surface area (Å²) in [7, 11) is -4.69. The fourth-order valence-corrected chi connectivity index (χ4v) is 7.52. The predicted molar refractivity (Wildman–Crippen MR) is 204 cm³/mol. The van der Waals surface area contributed by atoms with Crippen LogP contribution in [0.2, 0.25) is 0 Å². The number of fused-ring (bicyclic) bond motifs is 1. The summed E-state index contributed by atoms with van der Waals surface area (Å²) in [4.78, 5) is 14.7. The van der Waals surface area contributed by atoms with Gasteiger partial charge in [0.2, 0.25) is 5.60 Å². The number of nitriles is 1. The van der Waals surface area contributed by atoms with Gasteiger partial charge in [-0.25, -0.2) is 14.1 Å². The Morgan fingerprint density at radius 1 is 0.907 bits per heavy atom. The third-order valence-corrected chi connectivity index (χ3v) is 11.0. The molecule has 3 aromatic rings. The van der Waals surface area contributed by atoms with Gasteiger partial charge < -0.3 is 29.3 Å². The van der Waals surface area contributed by atoms with E-state index < -0.39 is 44.4 Å². The number of aliphatic hydroxyl groups is 2. The van der Waals surface area contributed by atoms with E-state index in [1.165, 1.54) is 94.3 Å². The maximum Gasteiger partial charge on any atom is 0.472 e.